The number of aliphatic hydroxyl groups is 1. The van der Waals surface area contributed by atoms with Gasteiger partial charge in [0.25, 0.3) is 5.91 Å². The molecule has 0 saturated heterocycles. The van der Waals surface area contributed by atoms with Gasteiger partial charge < -0.3 is 20.3 Å². The molecule has 0 radical (unpaired) electrons. The molecule has 1 aromatic heterocycles. The fraction of sp³-hybridized carbons (Fsp3) is 0.455. The number of rotatable bonds is 6. The predicted molar refractivity (Wildman–Crippen MR) is 60.7 cm³/mol. The van der Waals surface area contributed by atoms with Crippen LogP contribution in [0.25, 0.3) is 0 Å². The van der Waals surface area contributed by atoms with E-state index in [0.717, 1.165) is 0 Å². The quantitative estimate of drug-likeness (QED) is 0.646. The molecule has 1 rings (SSSR count). The Labute approximate surface area is 99.3 Å². The predicted octanol–water partition coefficient (Wildman–Crippen LogP) is -0.0856. The maximum atomic E-state index is 11.8. The zero-order valence-electron chi connectivity index (χ0n) is 9.59. The van der Waals surface area contributed by atoms with Crippen molar-refractivity contribution >= 4 is 5.91 Å². The van der Waals surface area contributed by atoms with Crippen molar-refractivity contribution in [3.63, 3.8) is 0 Å². The lowest BCUT2D eigenvalue weighted by Crippen LogP contribution is -2.39. The molecule has 6 nitrogen and oxygen atoms in total. The summed E-state index contributed by atoms with van der Waals surface area (Å²) in [6.07, 6.45) is 1.80. The first kappa shape index (κ1) is 13.4. The molecule has 0 fully saturated rings. The first-order valence-electron chi connectivity index (χ1n) is 5.23. The van der Waals surface area contributed by atoms with Gasteiger partial charge in [-0.1, -0.05) is 0 Å². The number of amides is 1. The Balaban J connectivity index is 2.67. The molecule has 94 valence electrons. The van der Waals surface area contributed by atoms with Crippen molar-refractivity contribution in [2.75, 3.05) is 20.3 Å². The zero-order chi connectivity index (χ0) is 12.7. The average molecular weight is 240 g/mol. The fourth-order valence-corrected chi connectivity index (χ4v) is 1.38. The lowest BCUT2D eigenvalue weighted by molar-refractivity contribution is 0.0871. The minimum Gasteiger partial charge on any atom is -0.505 e. The Morgan fingerprint density at radius 2 is 2.41 bits per heavy atom. The number of aromatic hydroxyl groups is 1. The Morgan fingerprint density at radius 3 is 3.00 bits per heavy atom. The molecule has 1 heterocycles. The maximum absolute atomic E-state index is 11.8. The monoisotopic (exact) mass is 240 g/mol. The number of pyridine rings is 1. The van der Waals surface area contributed by atoms with E-state index in [4.69, 9.17) is 9.84 Å². The highest BCUT2D eigenvalue weighted by Gasteiger charge is 2.16. The second-order valence-electron chi connectivity index (χ2n) is 3.51. The first-order chi connectivity index (χ1) is 8.19. The third-order valence-corrected chi connectivity index (χ3v) is 2.18. The topological polar surface area (TPSA) is 91.7 Å². The summed E-state index contributed by atoms with van der Waals surface area (Å²) in [6.45, 7) is 0.238. The Morgan fingerprint density at radius 1 is 1.65 bits per heavy atom. The molecule has 1 amide bonds. The highest BCUT2D eigenvalue weighted by atomic mass is 16.5. The summed E-state index contributed by atoms with van der Waals surface area (Å²) < 4.78 is 4.91. The molecule has 17 heavy (non-hydrogen) atoms. The number of carbonyl (C=O) groups is 1. The van der Waals surface area contributed by atoms with E-state index < -0.39 is 5.91 Å². The minimum atomic E-state index is -0.487. The molecular formula is C11H16N2O4. The number of ether oxygens (including phenoxy) is 1. The number of carbonyl (C=O) groups excluding carboxylic acids is 1. The smallest absolute Gasteiger partial charge is 0.274 e. The van der Waals surface area contributed by atoms with Crippen LogP contribution in [0.3, 0.4) is 0 Å². The van der Waals surface area contributed by atoms with Crippen LogP contribution in [0.5, 0.6) is 5.75 Å². The van der Waals surface area contributed by atoms with Crippen LogP contribution in [0.1, 0.15) is 16.9 Å². The van der Waals surface area contributed by atoms with E-state index in [0.29, 0.717) is 13.0 Å². The van der Waals surface area contributed by atoms with Crippen molar-refractivity contribution in [3.05, 3.63) is 24.0 Å². The van der Waals surface area contributed by atoms with E-state index in [1.54, 1.807) is 0 Å². The summed E-state index contributed by atoms with van der Waals surface area (Å²) in [5, 5.41) is 20.9. The van der Waals surface area contributed by atoms with Gasteiger partial charge in [0.05, 0.1) is 12.6 Å². The second kappa shape index (κ2) is 6.82. The van der Waals surface area contributed by atoms with Gasteiger partial charge in [0.15, 0.2) is 5.69 Å². The largest absolute Gasteiger partial charge is 0.505 e. The van der Waals surface area contributed by atoms with Crippen LogP contribution in [0.2, 0.25) is 0 Å². The van der Waals surface area contributed by atoms with Crippen LogP contribution in [-0.2, 0) is 4.74 Å². The first-order valence-corrected chi connectivity index (χ1v) is 5.23. The van der Waals surface area contributed by atoms with Crippen molar-refractivity contribution in [3.8, 4) is 5.75 Å². The molecular weight excluding hydrogens is 224 g/mol. The van der Waals surface area contributed by atoms with E-state index in [-0.39, 0.29) is 24.1 Å². The fourth-order valence-electron chi connectivity index (χ4n) is 1.38. The van der Waals surface area contributed by atoms with E-state index in [9.17, 15) is 9.90 Å². The summed E-state index contributed by atoms with van der Waals surface area (Å²) >= 11 is 0. The Kier molecular flexibility index (Phi) is 5.38. The zero-order valence-corrected chi connectivity index (χ0v) is 9.59. The van der Waals surface area contributed by atoms with Crippen LogP contribution >= 0.6 is 0 Å². The molecule has 6 heteroatoms. The van der Waals surface area contributed by atoms with Crippen molar-refractivity contribution in [2.24, 2.45) is 0 Å². The van der Waals surface area contributed by atoms with Crippen molar-refractivity contribution in [1.29, 1.82) is 0 Å². The van der Waals surface area contributed by atoms with Gasteiger partial charge >= 0.3 is 0 Å². The number of aromatic nitrogens is 1. The number of hydrogen-bond acceptors (Lipinski definition) is 5. The molecule has 3 N–H and O–H groups in total. The van der Waals surface area contributed by atoms with E-state index in [1.807, 2.05) is 0 Å². The molecule has 1 atom stereocenters. The lowest BCUT2D eigenvalue weighted by atomic mass is 10.2. The number of nitrogens with zero attached hydrogens (tertiary/aromatic N) is 1. The molecule has 0 aromatic carbocycles. The maximum Gasteiger partial charge on any atom is 0.274 e. The van der Waals surface area contributed by atoms with Gasteiger partial charge in [-0.25, -0.2) is 4.98 Å². The standard InChI is InChI=1S/C11H16N2O4/c1-17-7-8(4-6-14)13-11(16)10-9(15)3-2-5-12-10/h2-3,5,8,14-15H,4,6-7H2,1H3,(H,13,16). The summed E-state index contributed by atoms with van der Waals surface area (Å²) in [6, 6.07) is 2.62. The van der Waals surface area contributed by atoms with Crippen LogP contribution in [0, 0.1) is 0 Å². The summed E-state index contributed by atoms with van der Waals surface area (Å²) in [5.41, 5.74) is -0.0356. The summed E-state index contributed by atoms with van der Waals surface area (Å²) in [7, 11) is 1.51. The number of aliphatic hydroxyl groups excluding tert-OH is 1. The normalized spacial score (nSPS) is 12.1. The SMILES string of the molecule is COCC(CCO)NC(=O)c1ncccc1O. The minimum absolute atomic E-state index is 0.0356. The lowest BCUT2D eigenvalue weighted by Gasteiger charge is -2.16. The van der Waals surface area contributed by atoms with Gasteiger partial charge in [0.2, 0.25) is 0 Å². The van der Waals surface area contributed by atoms with Crippen LogP contribution in [0.15, 0.2) is 18.3 Å². The molecule has 0 spiro atoms. The van der Waals surface area contributed by atoms with E-state index in [2.05, 4.69) is 10.3 Å². The third kappa shape index (κ3) is 4.01. The highest BCUT2D eigenvalue weighted by molar-refractivity contribution is 5.94. The molecule has 0 aliphatic rings. The van der Waals surface area contributed by atoms with Crippen molar-refractivity contribution < 1.29 is 19.7 Å². The molecule has 0 aliphatic carbocycles. The molecule has 1 aromatic rings. The highest BCUT2D eigenvalue weighted by Crippen LogP contribution is 2.12. The Hall–Kier alpha value is -1.66. The molecule has 0 aliphatic heterocycles. The van der Waals surface area contributed by atoms with Crippen LogP contribution < -0.4 is 5.32 Å². The van der Waals surface area contributed by atoms with Gasteiger partial charge in [-0.3, -0.25) is 4.79 Å². The number of methoxy groups -OCH3 is 1. The average Bonchev–Trinajstić information content (AvgIpc) is 2.30. The van der Waals surface area contributed by atoms with Gasteiger partial charge in [-0.15, -0.1) is 0 Å². The van der Waals surface area contributed by atoms with Crippen LogP contribution in [-0.4, -0.2) is 47.5 Å². The summed E-state index contributed by atoms with van der Waals surface area (Å²) in [5.74, 6) is -0.663. The van der Waals surface area contributed by atoms with Crippen molar-refractivity contribution in [2.45, 2.75) is 12.5 Å². The van der Waals surface area contributed by atoms with Crippen molar-refractivity contribution in [1.82, 2.24) is 10.3 Å². The van der Waals surface area contributed by atoms with Crippen LogP contribution in [0.4, 0.5) is 0 Å². The van der Waals surface area contributed by atoms with Gasteiger partial charge in [-0.05, 0) is 18.6 Å². The third-order valence-electron chi connectivity index (χ3n) is 2.18. The van der Waals surface area contributed by atoms with Gasteiger partial charge in [0, 0.05) is 19.9 Å². The molecule has 1 unspecified atom stereocenters. The van der Waals surface area contributed by atoms with Gasteiger partial charge in [0.1, 0.15) is 5.75 Å². The van der Waals surface area contributed by atoms with E-state index in [1.165, 1.54) is 25.4 Å². The molecule has 0 saturated carbocycles. The second-order valence-corrected chi connectivity index (χ2v) is 3.51. The summed E-state index contributed by atoms with van der Waals surface area (Å²) in [4.78, 5) is 15.5. The number of nitrogens with one attached hydrogen (secondary N) is 1. The molecule has 0 bridgehead atoms. The Bertz CT molecular complexity index is 364. The van der Waals surface area contributed by atoms with Gasteiger partial charge in [-0.2, -0.15) is 0 Å². The number of hydrogen-bond donors (Lipinski definition) is 3. The van der Waals surface area contributed by atoms with E-state index >= 15 is 0 Å².